The summed E-state index contributed by atoms with van der Waals surface area (Å²) in [6.45, 7) is 1.58. The number of ether oxygens (including phenoxy) is 1. The molecule has 108 valence electrons. The number of aliphatic hydroxyl groups is 1. The van der Waals surface area contributed by atoms with E-state index in [0.717, 1.165) is 5.56 Å². The lowest BCUT2D eigenvalue weighted by Gasteiger charge is -2.26. The zero-order chi connectivity index (χ0) is 14.8. The molecule has 2 bridgehead atoms. The van der Waals surface area contributed by atoms with E-state index < -0.39 is 23.5 Å². The van der Waals surface area contributed by atoms with E-state index in [1.165, 1.54) is 4.90 Å². The molecule has 1 aromatic carbocycles. The van der Waals surface area contributed by atoms with Gasteiger partial charge in [0.25, 0.3) is 0 Å². The van der Waals surface area contributed by atoms with Gasteiger partial charge >= 0.3 is 0 Å². The van der Waals surface area contributed by atoms with Crippen LogP contribution in [0.1, 0.15) is 5.56 Å². The van der Waals surface area contributed by atoms with Crippen LogP contribution >= 0.6 is 0 Å². The van der Waals surface area contributed by atoms with Crippen LogP contribution in [0.5, 0.6) is 0 Å². The van der Waals surface area contributed by atoms with Gasteiger partial charge in [-0.2, -0.15) is 0 Å². The fourth-order valence-electron chi connectivity index (χ4n) is 3.74. The fraction of sp³-hybridized carbons (Fsp3) is 0.375. The molecule has 21 heavy (non-hydrogen) atoms. The summed E-state index contributed by atoms with van der Waals surface area (Å²) in [6, 6.07) is 7.32. The van der Waals surface area contributed by atoms with Crippen molar-refractivity contribution in [2.45, 2.75) is 18.6 Å². The Hall–Kier alpha value is -1.98. The van der Waals surface area contributed by atoms with Gasteiger partial charge < -0.3 is 9.84 Å². The second kappa shape index (κ2) is 4.02. The standard InChI is InChI=1S/C16H15NO4/c1-9-4-2-3-5-10(9)17-14(19)12-11-6-7-16(8-18,21-11)13(12)15(17)20/h2-7,11-13,18H,8H2,1H3/t11-,12-,13+,16-/m1/s1. The van der Waals surface area contributed by atoms with Crippen molar-refractivity contribution in [2.24, 2.45) is 11.8 Å². The minimum absolute atomic E-state index is 0.232. The number of rotatable bonds is 2. The fourth-order valence-corrected chi connectivity index (χ4v) is 3.74. The van der Waals surface area contributed by atoms with E-state index >= 15 is 0 Å². The maximum absolute atomic E-state index is 12.8. The molecule has 0 unspecified atom stereocenters. The molecule has 5 nitrogen and oxygen atoms in total. The number of benzene rings is 1. The van der Waals surface area contributed by atoms with Crippen LogP contribution in [-0.2, 0) is 14.3 Å². The molecule has 2 saturated heterocycles. The van der Waals surface area contributed by atoms with Gasteiger partial charge in [-0.3, -0.25) is 9.59 Å². The van der Waals surface area contributed by atoms with Crippen LogP contribution in [-0.4, -0.2) is 35.2 Å². The highest BCUT2D eigenvalue weighted by Crippen LogP contribution is 2.52. The minimum atomic E-state index is -1.03. The Morgan fingerprint density at radius 1 is 1.29 bits per heavy atom. The van der Waals surface area contributed by atoms with Crippen molar-refractivity contribution in [3.8, 4) is 0 Å². The first kappa shape index (κ1) is 12.7. The summed E-state index contributed by atoms with van der Waals surface area (Å²) in [4.78, 5) is 26.8. The molecule has 2 amide bonds. The first-order chi connectivity index (χ1) is 10.1. The van der Waals surface area contributed by atoms with Crippen LogP contribution in [0.4, 0.5) is 5.69 Å². The van der Waals surface area contributed by atoms with Crippen molar-refractivity contribution >= 4 is 17.5 Å². The number of aryl methyl sites for hydroxylation is 1. The molecular weight excluding hydrogens is 270 g/mol. The third kappa shape index (κ3) is 1.42. The van der Waals surface area contributed by atoms with Crippen molar-refractivity contribution < 1.29 is 19.4 Å². The Kier molecular flexibility index (Phi) is 2.44. The van der Waals surface area contributed by atoms with Crippen molar-refractivity contribution in [1.82, 2.24) is 0 Å². The van der Waals surface area contributed by atoms with E-state index in [4.69, 9.17) is 4.74 Å². The highest BCUT2D eigenvalue weighted by molar-refractivity contribution is 6.23. The van der Waals surface area contributed by atoms with E-state index in [-0.39, 0.29) is 18.4 Å². The molecule has 4 atom stereocenters. The highest BCUT2D eigenvalue weighted by atomic mass is 16.5. The van der Waals surface area contributed by atoms with Crippen molar-refractivity contribution in [1.29, 1.82) is 0 Å². The normalized spacial score (nSPS) is 36.7. The molecule has 0 aromatic heterocycles. The second-order valence-corrected chi connectivity index (χ2v) is 5.86. The van der Waals surface area contributed by atoms with Crippen LogP contribution in [0.25, 0.3) is 0 Å². The number of anilines is 1. The molecule has 3 heterocycles. The maximum Gasteiger partial charge on any atom is 0.241 e. The lowest BCUT2D eigenvalue weighted by atomic mass is 9.77. The number of imide groups is 1. The molecule has 0 spiro atoms. The number of hydrogen-bond acceptors (Lipinski definition) is 4. The smallest absolute Gasteiger partial charge is 0.241 e. The first-order valence-corrected chi connectivity index (χ1v) is 7.00. The van der Waals surface area contributed by atoms with E-state index in [0.29, 0.717) is 5.69 Å². The zero-order valence-electron chi connectivity index (χ0n) is 11.5. The molecule has 1 aromatic rings. The number of carbonyl (C=O) groups excluding carboxylic acids is 2. The van der Waals surface area contributed by atoms with E-state index in [1.54, 1.807) is 18.2 Å². The van der Waals surface area contributed by atoms with Gasteiger partial charge in [0.2, 0.25) is 11.8 Å². The number of amides is 2. The Balaban J connectivity index is 1.81. The zero-order valence-corrected chi connectivity index (χ0v) is 11.5. The largest absolute Gasteiger partial charge is 0.393 e. The summed E-state index contributed by atoms with van der Waals surface area (Å²) in [7, 11) is 0. The number of aliphatic hydroxyl groups excluding tert-OH is 1. The number of para-hydroxylation sites is 1. The average Bonchev–Trinajstić information content (AvgIpc) is 3.12. The van der Waals surface area contributed by atoms with Crippen LogP contribution < -0.4 is 4.90 Å². The third-order valence-electron chi connectivity index (χ3n) is 4.76. The molecule has 0 radical (unpaired) electrons. The molecule has 5 heteroatoms. The van der Waals surface area contributed by atoms with Gasteiger partial charge in [0.1, 0.15) is 5.60 Å². The Morgan fingerprint density at radius 3 is 2.76 bits per heavy atom. The van der Waals surface area contributed by atoms with Gasteiger partial charge in [-0.1, -0.05) is 30.4 Å². The SMILES string of the molecule is Cc1ccccc1N1C(=O)[C@H]2[C@@H](C1=O)[C@]1(CO)C=C[C@H]2O1. The van der Waals surface area contributed by atoms with Gasteiger partial charge in [0, 0.05) is 0 Å². The molecular formula is C16H15NO4. The lowest BCUT2D eigenvalue weighted by Crippen LogP contribution is -2.43. The lowest BCUT2D eigenvalue weighted by molar-refractivity contribution is -0.128. The van der Waals surface area contributed by atoms with Gasteiger partial charge in [-0.05, 0) is 18.6 Å². The van der Waals surface area contributed by atoms with Crippen LogP contribution in [0.2, 0.25) is 0 Å². The predicted molar refractivity (Wildman–Crippen MR) is 74.5 cm³/mol. The molecule has 0 saturated carbocycles. The molecule has 1 N–H and O–H groups in total. The number of hydrogen-bond donors (Lipinski definition) is 1. The summed E-state index contributed by atoms with van der Waals surface area (Å²) in [5.41, 5.74) is 0.465. The van der Waals surface area contributed by atoms with Crippen molar-refractivity contribution in [2.75, 3.05) is 11.5 Å². The van der Waals surface area contributed by atoms with E-state index in [9.17, 15) is 14.7 Å². The molecule has 2 fully saturated rings. The quantitative estimate of drug-likeness (QED) is 0.645. The summed E-state index contributed by atoms with van der Waals surface area (Å²) in [5, 5.41) is 9.65. The predicted octanol–water partition coefficient (Wildman–Crippen LogP) is 0.800. The molecule has 0 aliphatic carbocycles. The second-order valence-electron chi connectivity index (χ2n) is 5.86. The van der Waals surface area contributed by atoms with Gasteiger partial charge in [-0.15, -0.1) is 0 Å². The van der Waals surface area contributed by atoms with Gasteiger partial charge in [-0.25, -0.2) is 4.90 Å². The summed E-state index contributed by atoms with van der Waals surface area (Å²) in [6.07, 6.45) is 3.10. The minimum Gasteiger partial charge on any atom is -0.393 e. The number of carbonyl (C=O) groups is 2. The Morgan fingerprint density at radius 2 is 2.05 bits per heavy atom. The average molecular weight is 285 g/mol. The summed E-state index contributed by atoms with van der Waals surface area (Å²) >= 11 is 0. The maximum atomic E-state index is 12.8. The Labute approximate surface area is 121 Å². The topological polar surface area (TPSA) is 66.8 Å². The van der Waals surface area contributed by atoms with Gasteiger partial charge in [0.05, 0.1) is 30.2 Å². The number of fused-ring (bicyclic) bond motifs is 5. The van der Waals surface area contributed by atoms with E-state index in [1.807, 2.05) is 25.1 Å². The first-order valence-electron chi connectivity index (χ1n) is 7.00. The monoisotopic (exact) mass is 285 g/mol. The third-order valence-corrected chi connectivity index (χ3v) is 4.76. The van der Waals surface area contributed by atoms with E-state index in [2.05, 4.69) is 0 Å². The molecule has 3 aliphatic rings. The van der Waals surface area contributed by atoms with Gasteiger partial charge in [0.15, 0.2) is 0 Å². The van der Waals surface area contributed by atoms with Crippen LogP contribution in [0.15, 0.2) is 36.4 Å². The summed E-state index contributed by atoms with van der Waals surface area (Å²) in [5.74, 6) is -1.65. The highest BCUT2D eigenvalue weighted by Gasteiger charge is 2.67. The summed E-state index contributed by atoms with van der Waals surface area (Å²) < 4.78 is 5.70. The van der Waals surface area contributed by atoms with Crippen LogP contribution in [0, 0.1) is 18.8 Å². The van der Waals surface area contributed by atoms with Crippen molar-refractivity contribution in [3.05, 3.63) is 42.0 Å². The molecule has 4 rings (SSSR count). The van der Waals surface area contributed by atoms with Crippen molar-refractivity contribution in [3.63, 3.8) is 0 Å². The molecule has 3 aliphatic heterocycles. The van der Waals surface area contributed by atoms with Crippen LogP contribution in [0.3, 0.4) is 0 Å². The Bertz CT molecular complexity index is 683. The number of nitrogens with zero attached hydrogens (tertiary/aromatic N) is 1.